The summed E-state index contributed by atoms with van der Waals surface area (Å²) in [5.74, 6) is 1.62. The van der Waals surface area contributed by atoms with E-state index in [1.807, 2.05) is 6.07 Å². The van der Waals surface area contributed by atoms with E-state index < -0.39 is 6.29 Å². The van der Waals surface area contributed by atoms with Crippen molar-refractivity contribution in [3.05, 3.63) is 162 Å². The summed E-state index contributed by atoms with van der Waals surface area (Å²) < 4.78 is 4.92. The second-order valence-corrected chi connectivity index (χ2v) is 12.9. The van der Waals surface area contributed by atoms with Crippen LogP contribution in [0.1, 0.15) is 42.4 Å². The van der Waals surface area contributed by atoms with E-state index >= 15 is 0 Å². The van der Waals surface area contributed by atoms with Crippen molar-refractivity contribution < 1.29 is 0 Å². The Morgan fingerprint density at radius 2 is 1.10 bits per heavy atom. The first-order valence-corrected chi connectivity index (χ1v) is 17.2. The van der Waals surface area contributed by atoms with Gasteiger partial charge < -0.3 is 9.47 Å². The summed E-state index contributed by atoms with van der Waals surface area (Å²) in [6.07, 6.45) is 1.57. The quantitative estimate of drug-likeness (QED) is 0.179. The van der Waals surface area contributed by atoms with E-state index in [0.717, 1.165) is 46.8 Å². The van der Waals surface area contributed by atoms with Crippen molar-refractivity contribution >= 4 is 55.3 Å². The minimum Gasteiger partial charge on any atom is -0.320 e. The highest BCUT2D eigenvalue weighted by molar-refractivity contribution is 6.23. The maximum absolute atomic E-state index is 5.49. The molecule has 9 rings (SSSR count). The zero-order valence-corrected chi connectivity index (χ0v) is 28.0. The van der Waals surface area contributed by atoms with Crippen molar-refractivity contribution in [2.75, 3.05) is 7.05 Å². The first-order chi connectivity index (χ1) is 24.1. The molecular weight excluding hydrogens is 599 g/mol. The van der Waals surface area contributed by atoms with Gasteiger partial charge in [0, 0.05) is 45.4 Å². The molecule has 5 heteroatoms. The molecule has 6 aromatic carbocycles. The van der Waals surface area contributed by atoms with Crippen LogP contribution >= 0.6 is 0 Å². The van der Waals surface area contributed by atoms with Crippen LogP contribution in [0.5, 0.6) is 0 Å². The highest BCUT2D eigenvalue weighted by Crippen LogP contribution is 2.43. The Bertz CT molecular complexity index is 2570. The van der Waals surface area contributed by atoms with Gasteiger partial charge in [0.25, 0.3) is 0 Å². The number of benzene rings is 6. The van der Waals surface area contributed by atoms with Gasteiger partial charge in [0.15, 0.2) is 5.84 Å². The number of rotatable bonds is 6. The third-order valence-corrected chi connectivity index (χ3v) is 10.1. The summed E-state index contributed by atoms with van der Waals surface area (Å²) in [7, 11) is 2.13. The number of amidine groups is 2. The molecule has 0 radical (unpaired) electrons. The van der Waals surface area contributed by atoms with E-state index in [0.29, 0.717) is 0 Å². The molecule has 0 saturated carbocycles. The van der Waals surface area contributed by atoms with E-state index in [9.17, 15) is 0 Å². The highest BCUT2D eigenvalue weighted by atomic mass is 15.4. The number of hydrogen-bond donors (Lipinski definition) is 0. The second-order valence-electron chi connectivity index (χ2n) is 12.9. The fourth-order valence-corrected chi connectivity index (χ4v) is 7.58. The fourth-order valence-electron chi connectivity index (χ4n) is 7.58. The van der Waals surface area contributed by atoms with Gasteiger partial charge in [-0.2, -0.15) is 0 Å². The molecule has 1 atom stereocenters. The largest absolute Gasteiger partial charge is 0.320 e. The van der Waals surface area contributed by atoms with Crippen LogP contribution in [-0.4, -0.2) is 32.8 Å². The molecule has 2 aromatic heterocycles. The predicted molar refractivity (Wildman–Crippen MR) is 205 cm³/mol. The van der Waals surface area contributed by atoms with Crippen LogP contribution in [0, 0.1) is 0 Å². The Hall–Kier alpha value is -5.94. The summed E-state index contributed by atoms with van der Waals surface area (Å²) in [4.78, 5) is 12.9. The number of fused-ring (bicyclic) bond motifs is 7. The van der Waals surface area contributed by atoms with Crippen LogP contribution in [0.3, 0.4) is 0 Å². The Labute approximate surface area is 286 Å². The lowest BCUT2D eigenvalue weighted by atomic mass is 10.0. The molecule has 0 N–H and O–H groups in total. The van der Waals surface area contributed by atoms with Crippen LogP contribution < -0.4 is 0 Å². The zero-order chi connectivity index (χ0) is 33.1. The van der Waals surface area contributed by atoms with Gasteiger partial charge in [-0.3, -0.25) is 4.57 Å². The third kappa shape index (κ3) is 4.61. The molecule has 3 heterocycles. The maximum atomic E-state index is 5.49. The monoisotopic (exact) mass is 635 g/mol. The number of aliphatic imine (C=N–C) groups is 2. The summed E-state index contributed by atoms with van der Waals surface area (Å²) in [5.41, 5.74) is 10.6. The van der Waals surface area contributed by atoms with Gasteiger partial charge in [-0.15, -0.1) is 0 Å². The van der Waals surface area contributed by atoms with E-state index in [1.165, 1.54) is 49.2 Å². The Kier molecular flexibility index (Phi) is 6.94. The van der Waals surface area contributed by atoms with Crippen molar-refractivity contribution in [1.29, 1.82) is 0 Å². The van der Waals surface area contributed by atoms with Gasteiger partial charge in [-0.1, -0.05) is 117 Å². The number of aryl methyl sites for hydroxylation is 2. The van der Waals surface area contributed by atoms with Gasteiger partial charge in [0.1, 0.15) is 5.84 Å². The topological polar surface area (TPSA) is 37.8 Å². The maximum Gasteiger partial charge on any atom is 0.206 e. The molecule has 0 fully saturated rings. The molecule has 1 aliphatic rings. The molecular formula is C44H37N5. The Balaban J connectivity index is 1.44. The van der Waals surface area contributed by atoms with Crippen molar-refractivity contribution in [2.45, 2.75) is 33.0 Å². The molecule has 1 unspecified atom stereocenters. The number of nitrogens with zero attached hydrogens (tertiary/aromatic N) is 5. The summed E-state index contributed by atoms with van der Waals surface area (Å²) >= 11 is 0. The van der Waals surface area contributed by atoms with E-state index in [1.54, 1.807) is 0 Å². The summed E-state index contributed by atoms with van der Waals surface area (Å²) in [6.45, 7) is 4.46. The van der Waals surface area contributed by atoms with Crippen LogP contribution in [-0.2, 0) is 12.8 Å². The van der Waals surface area contributed by atoms with Crippen molar-refractivity contribution in [2.24, 2.45) is 9.98 Å². The number of hydrogen-bond acceptors (Lipinski definition) is 3. The predicted octanol–water partition coefficient (Wildman–Crippen LogP) is 10.3. The minimum atomic E-state index is -0.394. The van der Waals surface area contributed by atoms with Gasteiger partial charge >= 0.3 is 0 Å². The lowest BCUT2D eigenvalue weighted by Gasteiger charge is -2.34. The molecule has 0 saturated heterocycles. The molecule has 238 valence electrons. The van der Waals surface area contributed by atoms with Crippen molar-refractivity contribution in [3.63, 3.8) is 0 Å². The zero-order valence-electron chi connectivity index (χ0n) is 28.0. The van der Waals surface area contributed by atoms with E-state index in [-0.39, 0.29) is 0 Å². The van der Waals surface area contributed by atoms with Crippen molar-refractivity contribution in [3.8, 4) is 5.69 Å². The van der Waals surface area contributed by atoms with E-state index in [4.69, 9.17) is 9.98 Å². The first-order valence-electron chi connectivity index (χ1n) is 17.2. The molecule has 8 aromatic rings. The number of para-hydroxylation sites is 1. The first kappa shape index (κ1) is 29.2. The summed E-state index contributed by atoms with van der Waals surface area (Å²) in [6, 6.07) is 50.2. The lowest BCUT2D eigenvalue weighted by molar-refractivity contribution is 0.297. The van der Waals surface area contributed by atoms with Gasteiger partial charge in [-0.25, -0.2) is 9.98 Å². The van der Waals surface area contributed by atoms with Crippen LogP contribution in [0.15, 0.2) is 150 Å². The fraction of sp³-hybridized carbons (Fsp3) is 0.136. The normalized spacial score (nSPS) is 15.0. The number of aromatic nitrogens is 2. The third-order valence-electron chi connectivity index (χ3n) is 10.1. The molecule has 0 amide bonds. The lowest BCUT2D eigenvalue weighted by Crippen LogP contribution is -2.38. The van der Waals surface area contributed by atoms with E-state index in [2.05, 4.69) is 168 Å². The van der Waals surface area contributed by atoms with Gasteiger partial charge in [-0.05, 0) is 60.4 Å². The average molecular weight is 636 g/mol. The Morgan fingerprint density at radius 1 is 0.551 bits per heavy atom. The van der Waals surface area contributed by atoms with Gasteiger partial charge in [0.2, 0.25) is 6.29 Å². The SMILES string of the molecule is CCc1ccc2c(c1)c1ccc3c4cc(CC)ccc4n(C4N=C(c5ccccc5)N=C(c5ccccc5)N4C)c3c1n2-c1ccccc1. The Morgan fingerprint density at radius 3 is 1.73 bits per heavy atom. The molecule has 0 bridgehead atoms. The molecule has 0 spiro atoms. The van der Waals surface area contributed by atoms with Crippen molar-refractivity contribution in [1.82, 2.24) is 14.0 Å². The molecule has 1 aliphatic heterocycles. The second kappa shape index (κ2) is 11.6. The van der Waals surface area contributed by atoms with Crippen LogP contribution in [0.4, 0.5) is 0 Å². The molecule has 5 nitrogen and oxygen atoms in total. The van der Waals surface area contributed by atoms with Crippen LogP contribution in [0.2, 0.25) is 0 Å². The standard InChI is InChI=1S/C44H37N5/c1-4-29-21-25-38-36(27-29)34-23-24-35-37-28-30(5-2)22-26-39(37)49(41(35)40(34)48(38)33-19-13-8-14-20-33)44-46-42(31-15-9-6-10-16-31)45-43(47(44)3)32-17-11-7-12-18-32/h6-28,44H,4-5H2,1-3H3. The molecule has 49 heavy (non-hydrogen) atoms. The van der Waals surface area contributed by atoms with Crippen LogP contribution in [0.25, 0.3) is 49.3 Å². The van der Waals surface area contributed by atoms with Gasteiger partial charge in [0.05, 0.1) is 22.1 Å². The smallest absolute Gasteiger partial charge is 0.206 e. The minimum absolute atomic E-state index is 0.394. The highest BCUT2D eigenvalue weighted by Gasteiger charge is 2.31. The average Bonchev–Trinajstić information content (AvgIpc) is 3.68. The summed E-state index contributed by atoms with van der Waals surface area (Å²) in [5, 5.41) is 4.97. The molecule has 0 aliphatic carbocycles.